The van der Waals surface area contributed by atoms with Crippen LogP contribution in [-0.4, -0.2) is 52.8 Å². The van der Waals surface area contributed by atoms with E-state index in [-0.39, 0.29) is 29.1 Å². The summed E-state index contributed by atoms with van der Waals surface area (Å²) in [5.41, 5.74) is 3.28. The van der Waals surface area contributed by atoms with E-state index in [1.54, 1.807) is 66.7 Å². The molecule has 1 saturated carbocycles. The maximum Gasteiger partial charge on any atom is 0.264 e. The van der Waals surface area contributed by atoms with E-state index >= 15 is 0 Å². The lowest BCUT2D eigenvalue weighted by Gasteiger charge is -2.25. The van der Waals surface area contributed by atoms with Gasteiger partial charge in [0.05, 0.1) is 23.9 Å². The van der Waals surface area contributed by atoms with Crippen LogP contribution in [-0.2, 0) is 19.6 Å². The molecule has 0 bridgehead atoms. The topological polar surface area (TPSA) is 126 Å². The molecule has 0 unspecified atom stereocenters. The first-order valence-electron chi connectivity index (χ1n) is 13.4. The van der Waals surface area contributed by atoms with Crippen molar-refractivity contribution in [1.82, 2.24) is 10.7 Å². The molecule has 216 valence electrons. The molecule has 1 aliphatic rings. The van der Waals surface area contributed by atoms with Crippen molar-refractivity contribution < 1.29 is 27.5 Å². The van der Waals surface area contributed by atoms with Crippen LogP contribution in [0.2, 0.25) is 0 Å². The number of ether oxygens (including phenoxy) is 2. The minimum Gasteiger partial charge on any atom is -0.495 e. The van der Waals surface area contributed by atoms with Crippen LogP contribution in [0.1, 0.15) is 37.7 Å². The Hall–Kier alpha value is -4.38. The minimum atomic E-state index is -4.09. The van der Waals surface area contributed by atoms with E-state index in [2.05, 4.69) is 15.8 Å². The minimum absolute atomic E-state index is 0.0379. The number of carbonyl (C=O) groups is 2. The second-order valence-electron chi connectivity index (χ2n) is 9.55. The highest BCUT2D eigenvalue weighted by atomic mass is 32.2. The lowest BCUT2D eigenvalue weighted by molar-refractivity contribution is -0.124. The molecule has 0 aromatic heterocycles. The molecule has 2 N–H and O–H groups in total. The molecule has 0 aliphatic heterocycles. The van der Waals surface area contributed by atoms with Crippen molar-refractivity contribution in [1.29, 1.82) is 0 Å². The Bertz CT molecular complexity index is 1440. The average Bonchev–Trinajstić information content (AvgIpc) is 3.00. The van der Waals surface area contributed by atoms with Crippen LogP contribution in [0.3, 0.4) is 0 Å². The quantitative estimate of drug-likeness (QED) is 0.248. The van der Waals surface area contributed by atoms with Gasteiger partial charge >= 0.3 is 0 Å². The van der Waals surface area contributed by atoms with Crippen LogP contribution in [0.4, 0.5) is 5.69 Å². The molecule has 0 atom stereocenters. The number of rotatable bonds is 12. The zero-order chi connectivity index (χ0) is 29.1. The maximum atomic E-state index is 13.5. The van der Waals surface area contributed by atoms with Gasteiger partial charge in [0, 0.05) is 6.04 Å². The molecule has 1 fully saturated rings. The zero-order valence-electron chi connectivity index (χ0n) is 22.9. The first-order chi connectivity index (χ1) is 19.9. The predicted octanol–water partition coefficient (Wildman–Crippen LogP) is 3.87. The number of amides is 2. The van der Waals surface area contributed by atoms with E-state index in [0.717, 1.165) is 30.0 Å². The molecule has 0 spiro atoms. The van der Waals surface area contributed by atoms with Gasteiger partial charge in [-0.15, -0.1) is 0 Å². The first-order valence-corrected chi connectivity index (χ1v) is 14.9. The molecule has 11 heteroatoms. The van der Waals surface area contributed by atoms with Crippen molar-refractivity contribution in [3.05, 3.63) is 84.4 Å². The Labute approximate surface area is 240 Å². The fraction of sp³-hybridized carbons (Fsp3) is 0.300. The summed E-state index contributed by atoms with van der Waals surface area (Å²) in [6, 6.07) is 21.5. The van der Waals surface area contributed by atoms with E-state index < -0.39 is 22.5 Å². The molecule has 1 aliphatic carbocycles. The van der Waals surface area contributed by atoms with Crippen LogP contribution in [0.15, 0.2) is 88.9 Å². The zero-order valence-corrected chi connectivity index (χ0v) is 23.7. The average molecular weight is 579 g/mol. The molecular formula is C30H34N4O6S. The number of benzene rings is 3. The molecule has 4 rings (SSSR count). The Morgan fingerprint density at radius 3 is 2.32 bits per heavy atom. The molecule has 41 heavy (non-hydrogen) atoms. The SMILES string of the molecule is COc1ccccc1N(CC(=O)N/N=C\c1ccc(OCC(=O)NC2CCCCC2)cc1)S(=O)(=O)c1ccccc1. The van der Waals surface area contributed by atoms with Crippen LogP contribution >= 0.6 is 0 Å². The van der Waals surface area contributed by atoms with E-state index in [0.29, 0.717) is 17.1 Å². The highest BCUT2D eigenvalue weighted by Crippen LogP contribution is 2.32. The highest BCUT2D eigenvalue weighted by Gasteiger charge is 2.29. The maximum absolute atomic E-state index is 13.5. The summed E-state index contributed by atoms with van der Waals surface area (Å²) in [6.45, 7) is -0.584. The highest BCUT2D eigenvalue weighted by molar-refractivity contribution is 7.92. The van der Waals surface area contributed by atoms with Gasteiger partial charge in [-0.25, -0.2) is 13.8 Å². The fourth-order valence-corrected chi connectivity index (χ4v) is 5.97. The summed E-state index contributed by atoms with van der Waals surface area (Å²) < 4.78 is 38.9. The summed E-state index contributed by atoms with van der Waals surface area (Å²) >= 11 is 0. The van der Waals surface area contributed by atoms with Gasteiger partial charge in [0.2, 0.25) is 0 Å². The summed E-state index contributed by atoms with van der Waals surface area (Å²) in [4.78, 5) is 25.0. The summed E-state index contributed by atoms with van der Waals surface area (Å²) in [5.74, 6) is 0.0536. The smallest absolute Gasteiger partial charge is 0.264 e. The van der Waals surface area contributed by atoms with Crippen molar-refractivity contribution >= 4 is 33.7 Å². The Morgan fingerprint density at radius 1 is 0.927 bits per heavy atom. The number of nitrogens with zero attached hydrogens (tertiary/aromatic N) is 2. The summed E-state index contributed by atoms with van der Waals surface area (Å²) in [6.07, 6.45) is 6.95. The van der Waals surface area contributed by atoms with Gasteiger partial charge in [-0.05, 0) is 66.9 Å². The van der Waals surface area contributed by atoms with Crippen LogP contribution in [0.25, 0.3) is 0 Å². The van der Waals surface area contributed by atoms with Crippen molar-refractivity contribution in [2.45, 2.75) is 43.0 Å². The number of carbonyl (C=O) groups excluding carboxylic acids is 2. The van der Waals surface area contributed by atoms with Gasteiger partial charge < -0.3 is 14.8 Å². The fourth-order valence-electron chi connectivity index (χ4n) is 4.52. The second-order valence-corrected chi connectivity index (χ2v) is 11.4. The van der Waals surface area contributed by atoms with Crippen molar-refractivity contribution in [2.24, 2.45) is 5.10 Å². The van der Waals surface area contributed by atoms with E-state index in [9.17, 15) is 18.0 Å². The summed E-state index contributed by atoms with van der Waals surface area (Å²) in [7, 11) is -2.66. The third kappa shape index (κ3) is 8.31. The first kappa shape index (κ1) is 29.6. The monoisotopic (exact) mass is 578 g/mol. The molecule has 0 heterocycles. The van der Waals surface area contributed by atoms with E-state index in [1.807, 2.05) is 0 Å². The predicted molar refractivity (Wildman–Crippen MR) is 157 cm³/mol. The number of hydrogen-bond donors (Lipinski definition) is 2. The molecule has 3 aromatic rings. The van der Waals surface area contributed by atoms with Crippen molar-refractivity contribution in [3.8, 4) is 11.5 Å². The lowest BCUT2D eigenvalue weighted by Crippen LogP contribution is -2.39. The largest absolute Gasteiger partial charge is 0.495 e. The number of para-hydroxylation sites is 2. The summed E-state index contributed by atoms with van der Waals surface area (Å²) in [5, 5.41) is 6.99. The van der Waals surface area contributed by atoms with Crippen LogP contribution < -0.4 is 24.5 Å². The van der Waals surface area contributed by atoms with Gasteiger partial charge in [-0.3, -0.25) is 13.9 Å². The number of sulfonamides is 1. The number of anilines is 1. The van der Waals surface area contributed by atoms with Crippen LogP contribution in [0.5, 0.6) is 11.5 Å². The van der Waals surface area contributed by atoms with Crippen LogP contribution in [0, 0.1) is 0 Å². The molecule has 0 radical (unpaired) electrons. The van der Waals surface area contributed by atoms with Gasteiger partial charge in [0.25, 0.3) is 21.8 Å². The molecule has 2 amide bonds. The number of hydrogen-bond acceptors (Lipinski definition) is 7. The Kier molecular flexibility index (Phi) is 10.3. The number of hydrazone groups is 1. The van der Waals surface area contributed by atoms with Gasteiger partial charge in [0.1, 0.15) is 18.0 Å². The van der Waals surface area contributed by atoms with Gasteiger partial charge in [-0.1, -0.05) is 49.6 Å². The Morgan fingerprint density at radius 2 is 1.61 bits per heavy atom. The number of nitrogens with one attached hydrogen (secondary N) is 2. The standard InChI is InChI=1S/C30H34N4O6S/c1-39-28-15-9-8-14-27(28)34(41(37,38)26-12-6-3-7-13-26)21-29(35)33-31-20-23-16-18-25(19-17-23)40-22-30(36)32-24-10-4-2-5-11-24/h3,6-9,12-20,24H,2,4-5,10-11,21-22H2,1H3,(H,32,36)(H,33,35)/b31-20-. The second kappa shape index (κ2) is 14.3. The third-order valence-electron chi connectivity index (χ3n) is 6.60. The van der Waals surface area contributed by atoms with Gasteiger partial charge in [-0.2, -0.15) is 5.10 Å². The van der Waals surface area contributed by atoms with E-state index in [4.69, 9.17) is 9.47 Å². The molecule has 3 aromatic carbocycles. The van der Waals surface area contributed by atoms with Crippen molar-refractivity contribution in [3.63, 3.8) is 0 Å². The normalized spacial score (nSPS) is 13.9. The lowest BCUT2D eigenvalue weighted by atomic mass is 9.95. The Balaban J connectivity index is 1.35. The molecular weight excluding hydrogens is 544 g/mol. The molecule has 0 saturated heterocycles. The molecule has 10 nitrogen and oxygen atoms in total. The van der Waals surface area contributed by atoms with E-state index in [1.165, 1.54) is 31.9 Å². The van der Waals surface area contributed by atoms with Gasteiger partial charge in [0.15, 0.2) is 6.61 Å². The third-order valence-corrected chi connectivity index (χ3v) is 8.37. The van der Waals surface area contributed by atoms with Crippen molar-refractivity contribution in [2.75, 3.05) is 24.6 Å². The number of methoxy groups -OCH3 is 1.